The average Bonchev–Trinajstić information content (AvgIpc) is 2.38. The number of carbonyl (C=O) groups is 1. The van der Waals surface area contributed by atoms with Gasteiger partial charge in [0, 0.05) is 11.3 Å². The number of ketones is 1. The predicted octanol–water partition coefficient (Wildman–Crippen LogP) is 3.47. The fraction of sp³-hybridized carbons (Fsp3) is 0.133. The maximum Gasteiger partial charge on any atom is 0.198 e. The van der Waals surface area contributed by atoms with Crippen LogP contribution in [0.3, 0.4) is 0 Å². The van der Waals surface area contributed by atoms with Gasteiger partial charge in [-0.1, -0.05) is 23.2 Å². The molecule has 19 heavy (non-hydrogen) atoms. The van der Waals surface area contributed by atoms with Gasteiger partial charge in [-0.25, -0.2) is 0 Å². The molecule has 0 aliphatic rings. The summed E-state index contributed by atoms with van der Waals surface area (Å²) in [6.07, 6.45) is 0. The summed E-state index contributed by atoms with van der Waals surface area (Å²) in [6, 6.07) is 10.3. The van der Waals surface area contributed by atoms with Crippen LogP contribution in [0.4, 0.5) is 5.69 Å². The number of anilines is 1. The molecule has 98 valence electrons. The maximum atomic E-state index is 12.5. The number of nitrogens with two attached hydrogens (primary N) is 1. The number of hydrogen-bond acceptors (Lipinski definition) is 3. The van der Waals surface area contributed by atoms with Crippen LogP contribution in [0, 0.1) is 6.92 Å². The number of nitrogen functional groups attached to an aromatic ring is 1. The monoisotopic (exact) mass is 275 g/mol. The first-order chi connectivity index (χ1) is 9.02. The molecule has 0 aliphatic heterocycles. The summed E-state index contributed by atoms with van der Waals surface area (Å²) < 4.78 is 5.22. The highest BCUT2D eigenvalue weighted by Crippen LogP contribution is 2.27. The van der Waals surface area contributed by atoms with E-state index in [-0.39, 0.29) is 5.78 Å². The van der Waals surface area contributed by atoms with Crippen molar-refractivity contribution in [2.75, 3.05) is 12.8 Å². The number of ether oxygens (including phenoxy) is 1. The molecule has 4 heteroatoms. The van der Waals surface area contributed by atoms with Crippen LogP contribution in [0.2, 0.25) is 5.02 Å². The molecule has 2 aromatic rings. The van der Waals surface area contributed by atoms with Gasteiger partial charge < -0.3 is 10.5 Å². The Bertz CT molecular complexity index is 638. The topological polar surface area (TPSA) is 52.3 Å². The molecule has 0 radical (unpaired) electrons. The van der Waals surface area contributed by atoms with Gasteiger partial charge in [-0.15, -0.1) is 0 Å². The Morgan fingerprint density at radius 3 is 2.53 bits per heavy atom. The van der Waals surface area contributed by atoms with Crippen molar-refractivity contribution in [3.63, 3.8) is 0 Å². The Hall–Kier alpha value is -2.00. The number of aryl methyl sites for hydroxylation is 1. The highest BCUT2D eigenvalue weighted by molar-refractivity contribution is 6.35. The molecule has 2 aromatic carbocycles. The van der Waals surface area contributed by atoms with Gasteiger partial charge in [0.2, 0.25) is 0 Å². The lowest BCUT2D eigenvalue weighted by molar-refractivity contribution is 0.103. The van der Waals surface area contributed by atoms with Gasteiger partial charge in [0.05, 0.1) is 17.7 Å². The number of rotatable bonds is 3. The third kappa shape index (κ3) is 2.71. The van der Waals surface area contributed by atoms with E-state index in [4.69, 9.17) is 22.1 Å². The molecule has 0 atom stereocenters. The van der Waals surface area contributed by atoms with Crippen LogP contribution >= 0.6 is 11.6 Å². The lowest BCUT2D eigenvalue weighted by Gasteiger charge is -2.10. The number of methoxy groups -OCH3 is 1. The van der Waals surface area contributed by atoms with E-state index in [2.05, 4.69) is 0 Å². The first kappa shape index (κ1) is 13.4. The van der Waals surface area contributed by atoms with Crippen molar-refractivity contribution >= 4 is 23.1 Å². The Morgan fingerprint density at radius 2 is 1.89 bits per heavy atom. The minimum absolute atomic E-state index is 0.175. The summed E-state index contributed by atoms with van der Waals surface area (Å²) in [4.78, 5) is 12.5. The van der Waals surface area contributed by atoms with E-state index in [0.29, 0.717) is 27.6 Å². The number of benzene rings is 2. The second-order valence-corrected chi connectivity index (χ2v) is 4.68. The zero-order valence-electron chi connectivity index (χ0n) is 10.7. The van der Waals surface area contributed by atoms with Gasteiger partial charge in [-0.2, -0.15) is 0 Å². The zero-order valence-corrected chi connectivity index (χ0v) is 11.5. The molecule has 0 saturated heterocycles. The molecule has 0 heterocycles. The molecule has 2 N–H and O–H groups in total. The summed E-state index contributed by atoms with van der Waals surface area (Å²) in [5.74, 6) is 0.356. The molecule has 0 bridgehead atoms. The SMILES string of the molecule is COc1ccc(C)cc1C(=O)c1ccc(N)cc1Cl. The van der Waals surface area contributed by atoms with Crippen LogP contribution in [0.1, 0.15) is 21.5 Å². The Kier molecular flexibility index (Phi) is 3.76. The molecular weight excluding hydrogens is 262 g/mol. The lowest BCUT2D eigenvalue weighted by atomic mass is 10.0. The Labute approximate surface area is 117 Å². The molecule has 0 fully saturated rings. The minimum Gasteiger partial charge on any atom is -0.496 e. The minimum atomic E-state index is -0.175. The maximum absolute atomic E-state index is 12.5. The number of carbonyl (C=O) groups excluding carboxylic acids is 1. The summed E-state index contributed by atoms with van der Waals surface area (Å²) in [7, 11) is 1.53. The van der Waals surface area contributed by atoms with Gasteiger partial charge in [0.25, 0.3) is 0 Å². The van der Waals surface area contributed by atoms with Crippen molar-refractivity contribution in [2.45, 2.75) is 6.92 Å². The fourth-order valence-corrected chi connectivity index (χ4v) is 2.13. The normalized spacial score (nSPS) is 10.3. The quantitative estimate of drug-likeness (QED) is 0.689. The molecule has 0 saturated carbocycles. The molecule has 0 spiro atoms. The molecule has 0 aliphatic carbocycles. The van der Waals surface area contributed by atoms with Crippen molar-refractivity contribution in [3.8, 4) is 5.75 Å². The number of halogens is 1. The molecule has 0 amide bonds. The van der Waals surface area contributed by atoms with E-state index in [9.17, 15) is 4.79 Å². The van der Waals surface area contributed by atoms with E-state index in [1.165, 1.54) is 7.11 Å². The number of hydrogen-bond donors (Lipinski definition) is 1. The lowest BCUT2D eigenvalue weighted by Crippen LogP contribution is -2.05. The van der Waals surface area contributed by atoms with E-state index >= 15 is 0 Å². The largest absolute Gasteiger partial charge is 0.496 e. The van der Waals surface area contributed by atoms with Crippen molar-refractivity contribution in [1.29, 1.82) is 0 Å². The first-order valence-electron chi connectivity index (χ1n) is 5.77. The van der Waals surface area contributed by atoms with Crippen LogP contribution in [0.15, 0.2) is 36.4 Å². The second kappa shape index (κ2) is 5.33. The van der Waals surface area contributed by atoms with Crippen molar-refractivity contribution < 1.29 is 9.53 Å². The summed E-state index contributed by atoms with van der Waals surface area (Å²) in [5.41, 5.74) is 8.04. The summed E-state index contributed by atoms with van der Waals surface area (Å²) in [6.45, 7) is 1.92. The molecule has 3 nitrogen and oxygen atoms in total. The van der Waals surface area contributed by atoms with Crippen LogP contribution in [0.5, 0.6) is 5.75 Å². The summed E-state index contributed by atoms with van der Waals surface area (Å²) in [5, 5.41) is 0.341. The first-order valence-corrected chi connectivity index (χ1v) is 6.15. The third-order valence-electron chi connectivity index (χ3n) is 2.84. The highest BCUT2D eigenvalue weighted by Gasteiger charge is 2.17. The van der Waals surface area contributed by atoms with Gasteiger partial charge in [0.1, 0.15) is 5.75 Å². The molecule has 0 unspecified atom stereocenters. The van der Waals surface area contributed by atoms with Gasteiger partial charge in [-0.3, -0.25) is 4.79 Å². The van der Waals surface area contributed by atoms with Crippen molar-refractivity contribution in [3.05, 3.63) is 58.1 Å². The molecule has 0 aromatic heterocycles. The smallest absolute Gasteiger partial charge is 0.198 e. The Balaban J connectivity index is 2.52. The zero-order chi connectivity index (χ0) is 14.0. The molecular formula is C15H14ClNO2. The van der Waals surface area contributed by atoms with Gasteiger partial charge in [0.15, 0.2) is 5.78 Å². The van der Waals surface area contributed by atoms with Gasteiger partial charge in [-0.05, 0) is 37.3 Å². The van der Waals surface area contributed by atoms with E-state index < -0.39 is 0 Å². The van der Waals surface area contributed by atoms with Crippen LogP contribution in [-0.2, 0) is 0 Å². The Morgan fingerprint density at radius 1 is 1.16 bits per heavy atom. The summed E-state index contributed by atoms with van der Waals surface area (Å²) >= 11 is 6.07. The molecule has 2 rings (SSSR count). The third-order valence-corrected chi connectivity index (χ3v) is 3.15. The van der Waals surface area contributed by atoms with Crippen LogP contribution in [0.25, 0.3) is 0 Å². The van der Waals surface area contributed by atoms with Crippen molar-refractivity contribution in [1.82, 2.24) is 0 Å². The van der Waals surface area contributed by atoms with E-state index in [0.717, 1.165) is 5.56 Å². The average molecular weight is 276 g/mol. The van der Waals surface area contributed by atoms with E-state index in [1.54, 1.807) is 30.3 Å². The van der Waals surface area contributed by atoms with Gasteiger partial charge >= 0.3 is 0 Å². The second-order valence-electron chi connectivity index (χ2n) is 4.27. The van der Waals surface area contributed by atoms with Crippen LogP contribution < -0.4 is 10.5 Å². The van der Waals surface area contributed by atoms with Crippen LogP contribution in [-0.4, -0.2) is 12.9 Å². The van der Waals surface area contributed by atoms with Crippen molar-refractivity contribution in [2.24, 2.45) is 0 Å². The fourth-order valence-electron chi connectivity index (χ4n) is 1.86. The highest BCUT2D eigenvalue weighted by atomic mass is 35.5. The van der Waals surface area contributed by atoms with E-state index in [1.807, 2.05) is 13.0 Å². The predicted molar refractivity (Wildman–Crippen MR) is 77.0 cm³/mol. The standard InChI is InChI=1S/C15H14ClNO2/c1-9-3-6-14(19-2)12(7-9)15(18)11-5-4-10(17)8-13(11)16/h3-8H,17H2,1-2H3.